The van der Waals surface area contributed by atoms with Crippen LogP contribution in [0.2, 0.25) is 0 Å². The minimum Gasteiger partial charge on any atom is -0.357 e. The second-order valence-corrected chi connectivity index (χ2v) is 2.31. The summed E-state index contributed by atoms with van der Waals surface area (Å²) in [5, 5.41) is 21.3. The van der Waals surface area contributed by atoms with E-state index in [2.05, 4.69) is 5.28 Å². The molecule has 5 heteroatoms. The van der Waals surface area contributed by atoms with Crippen LogP contribution >= 0.6 is 0 Å². The SMILES string of the molecule is CCCN(CCC)[N+](O)=NO. The lowest BCUT2D eigenvalue weighted by molar-refractivity contribution is -0.941. The van der Waals surface area contributed by atoms with E-state index in [0.29, 0.717) is 18.1 Å². The van der Waals surface area contributed by atoms with Crippen LogP contribution in [0.5, 0.6) is 0 Å². The Balaban J connectivity index is 3.87. The molecule has 0 aromatic carbocycles. The minimum atomic E-state index is 0.479. The van der Waals surface area contributed by atoms with Gasteiger partial charge in [-0.05, 0) is 12.8 Å². The predicted molar refractivity (Wildman–Crippen MR) is 38.4 cm³/mol. The fourth-order valence-corrected chi connectivity index (χ4v) is 0.863. The molecule has 0 heterocycles. The fraction of sp³-hybridized carbons (Fsp3) is 1.00. The molecule has 0 bridgehead atoms. The summed E-state index contributed by atoms with van der Waals surface area (Å²) in [4.78, 5) is 0.479. The minimum absolute atomic E-state index is 0.479. The number of hydrogen-bond acceptors (Lipinski definition) is 1. The molecule has 0 radical (unpaired) electrons. The first-order valence-electron chi connectivity index (χ1n) is 3.85. The van der Waals surface area contributed by atoms with Crippen molar-refractivity contribution < 1.29 is 15.4 Å². The summed E-state index contributed by atoms with van der Waals surface area (Å²) in [5.41, 5.74) is 0. The maximum Gasteiger partial charge on any atom is 0.271 e. The molecule has 66 valence electrons. The molecule has 0 saturated heterocycles. The van der Waals surface area contributed by atoms with E-state index in [4.69, 9.17) is 10.4 Å². The monoisotopic (exact) mass is 162 g/mol. The van der Waals surface area contributed by atoms with E-state index < -0.39 is 0 Å². The Morgan fingerprint density at radius 1 is 1.27 bits per heavy atom. The third-order valence-electron chi connectivity index (χ3n) is 1.30. The third kappa shape index (κ3) is 3.64. The number of rotatable bonds is 5. The molecular formula is C6H16N3O2+. The molecule has 5 nitrogen and oxygen atoms in total. The molecule has 0 aliphatic rings. The molecule has 0 atom stereocenters. The van der Waals surface area contributed by atoms with Gasteiger partial charge in [0.25, 0.3) is 10.2 Å². The van der Waals surface area contributed by atoms with E-state index in [9.17, 15) is 0 Å². The topological polar surface area (TPSA) is 59.1 Å². The molecule has 0 fully saturated rings. The standard InChI is InChI=1S/C6H15N3O2/c1-3-5-8(6-4-2)9(11)7-10/h11H,3-6H2,1-2H3/p+1. The van der Waals surface area contributed by atoms with Gasteiger partial charge in [-0.2, -0.15) is 0 Å². The van der Waals surface area contributed by atoms with Crippen LogP contribution in [-0.2, 0) is 0 Å². The Hall–Kier alpha value is -1.00. The first kappa shape index (κ1) is 10.0. The van der Waals surface area contributed by atoms with Crippen LogP contribution in [0.15, 0.2) is 5.28 Å². The quantitative estimate of drug-likeness (QED) is 0.363. The molecule has 0 aromatic rings. The molecule has 0 aromatic heterocycles. The summed E-state index contributed by atoms with van der Waals surface area (Å²) in [7, 11) is 0. The zero-order chi connectivity index (χ0) is 8.69. The van der Waals surface area contributed by atoms with Gasteiger partial charge in [0, 0.05) is 0 Å². The van der Waals surface area contributed by atoms with Crippen molar-refractivity contribution in [3.8, 4) is 0 Å². The number of hydrazine groups is 1. The van der Waals surface area contributed by atoms with Crippen LogP contribution < -0.4 is 0 Å². The first-order chi connectivity index (χ1) is 5.26. The zero-order valence-corrected chi connectivity index (χ0v) is 7.06. The lowest BCUT2D eigenvalue weighted by Gasteiger charge is -2.08. The van der Waals surface area contributed by atoms with Crippen molar-refractivity contribution >= 4 is 0 Å². The maximum absolute atomic E-state index is 8.92. The first-order valence-corrected chi connectivity index (χ1v) is 3.85. The van der Waals surface area contributed by atoms with Gasteiger partial charge >= 0.3 is 0 Å². The number of hydrogen-bond donors (Lipinski definition) is 2. The van der Waals surface area contributed by atoms with Crippen LogP contribution in [0.25, 0.3) is 0 Å². The molecule has 0 rings (SSSR count). The summed E-state index contributed by atoms with van der Waals surface area (Å²) in [6.45, 7) is 5.37. The van der Waals surface area contributed by atoms with Crippen LogP contribution in [0.1, 0.15) is 26.7 Å². The van der Waals surface area contributed by atoms with Crippen molar-refractivity contribution in [3.63, 3.8) is 0 Å². The summed E-state index contributed by atoms with van der Waals surface area (Å²) < 4.78 is 0. The van der Waals surface area contributed by atoms with Gasteiger partial charge in [-0.3, -0.25) is 0 Å². The highest BCUT2D eigenvalue weighted by atomic mass is 16.6. The summed E-state index contributed by atoms with van der Waals surface area (Å²) in [6, 6.07) is 0. The van der Waals surface area contributed by atoms with Gasteiger partial charge in [-0.25, -0.2) is 5.21 Å². The molecule has 0 spiro atoms. The summed E-state index contributed by atoms with van der Waals surface area (Å²) in [5.74, 6) is 0. The van der Waals surface area contributed by atoms with E-state index in [1.165, 1.54) is 0 Å². The van der Waals surface area contributed by atoms with Crippen molar-refractivity contribution in [2.24, 2.45) is 5.28 Å². The molecule has 0 saturated carbocycles. The van der Waals surface area contributed by atoms with Crippen LogP contribution in [-0.4, -0.2) is 33.5 Å². The summed E-state index contributed by atoms with van der Waals surface area (Å²) >= 11 is 0. The predicted octanol–water partition coefficient (Wildman–Crippen LogP) is 1.27. The van der Waals surface area contributed by atoms with E-state index in [0.717, 1.165) is 12.8 Å². The second-order valence-electron chi connectivity index (χ2n) is 2.31. The molecule has 0 unspecified atom stereocenters. The van der Waals surface area contributed by atoms with E-state index in [-0.39, 0.29) is 0 Å². The third-order valence-corrected chi connectivity index (χ3v) is 1.30. The van der Waals surface area contributed by atoms with Crippen molar-refractivity contribution in [2.45, 2.75) is 26.7 Å². The Labute approximate surface area is 66.4 Å². The molecule has 0 aliphatic carbocycles. The molecule has 0 amide bonds. The van der Waals surface area contributed by atoms with E-state index >= 15 is 0 Å². The maximum atomic E-state index is 8.92. The highest BCUT2D eigenvalue weighted by Crippen LogP contribution is 1.93. The van der Waals surface area contributed by atoms with Crippen LogP contribution in [0, 0.1) is 0 Å². The van der Waals surface area contributed by atoms with Gasteiger partial charge in [0.05, 0.1) is 13.1 Å². The van der Waals surface area contributed by atoms with Gasteiger partial charge in [0.15, 0.2) is 0 Å². The second kappa shape index (κ2) is 5.76. The zero-order valence-electron chi connectivity index (χ0n) is 7.06. The Bertz CT molecular complexity index is 121. The Morgan fingerprint density at radius 3 is 2.00 bits per heavy atom. The van der Waals surface area contributed by atoms with Crippen molar-refractivity contribution in [1.29, 1.82) is 0 Å². The normalized spacial score (nSPS) is 11.6. The summed E-state index contributed by atoms with van der Waals surface area (Å²) in [6.07, 6.45) is 1.82. The van der Waals surface area contributed by atoms with Crippen molar-refractivity contribution in [3.05, 3.63) is 0 Å². The molecule has 0 aliphatic heterocycles. The smallest absolute Gasteiger partial charge is 0.271 e. The van der Waals surface area contributed by atoms with Gasteiger partial charge < -0.3 is 5.21 Å². The highest BCUT2D eigenvalue weighted by Gasteiger charge is 2.14. The largest absolute Gasteiger partial charge is 0.357 e. The molecule has 2 N–H and O–H groups in total. The van der Waals surface area contributed by atoms with Crippen LogP contribution in [0.4, 0.5) is 0 Å². The van der Waals surface area contributed by atoms with Crippen molar-refractivity contribution in [1.82, 2.24) is 5.01 Å². The number of nitrogens with zero attached hydrogens (tertiary/aromatic N) is 3. The fourth-order valence-electron chi connectivity index (χ4n) is 0.863. The van der Waals surface area contributed by atoms with Crippen LogP contribution in [0.3, 0.4) is 0 Å². The van der Waals surface area contributed by atoms with Gasteiger partial charge in [-0.1, -0.05) is 13.8 Å². The van der Waals surface area contributed by atoms with Gasteiger partial charge in [0.2, 0.25) is 0 Å². The Kier molecular flexibility index (Phi) is 5.24. The van der Waals surface area contributed by atoms with Gasteiger partial charge in [-0.15, -0.1) is 5.01 Å². The van der Waals surface area contributed by atoms with Gasteiger partial charge in [0.1, 0.15) is 0 Å². The lowest BCUT2D eigenvalue weighted by atomic mass is 10.4. The average molecular weight is 162 g/mol. The highest BCUT2D eigenvalue weighted by molar-refractivity contribution is 4.39. The van der Waals surface area contributed by atoms with E-state index in [1.54, 1.807) is 5.01 Å². The molecule has 11 heavy (non-hydrogen) atoms. The lowest BCUT2D eigenvalue weighted by Crippen LogP contribution is -2.33. The Morgan fingerprint density at radius 2 is 1.73 bits per heavy atom. The molecular weight excluding hydrogens is 146 g/mol. The average Bonchev–Trinajstić information content (AvgIpc) is 2.03. The van der Waals surface area contributed by atoms with E-state index in [1.807, 2.05) is 13.8 Å². The van der Waals surface area contributed by atoms with Crippen molar-refractivity contribution in [2.75, 3.05) is 13.1 Å².